The summed E-state index contributed by atoms with van der Waals surface area (Å²) in [4.78, 5) is 22.2. The topological polar surface area (TPSA) is 72.8 Å². The summed E-state index contributed by atoms with van der Waals surface area (Å²) in [5, 5.41) is 9.72. The number of hydrogen-bond donors (Lipinski definition) is 1. The summed E-state index contributed by atoms with van der Waals surface area (Å²) in [5.41, 5.74) is 0.628. The summed E-state index contributed by atoms with van der Waals surface area (Å²) in [7, 11) is 2.84. The summed E-state index contributed by atoms with van der Waals surface area (Å²) in [6, 6.07) is 3.13. The van der Waals surface area contributed by atoms with Gasteiger partial charge in [0.05, 0.1) is 20.6 Å². The van der Waals surface area contributed by atoms with Crippen molar-refractivity contribution < 1.29 is 24.2 Å². The van der Waals surface area contributed by atoms with E-state index in [-0.39, 0.29) is 35.2 Å². The molecule has 1 aromatic rings. The number of phenolic OH excluding ortho intramolecular Hbond substituents is 1. The van der Waals surface area contributed by atoms with Crippen LogP contribution in [0, 0.1) is 0 Å². The first-order valence-corrected chi connectivity index (χ1v) is 5.63. The molecule has 0 bridgehead atoms. The molecule has 1 N–H and O–H groups in total. The maximum atomic E-state index is 11.4. The zero-order valence-electron chi connectivity index (χ0n) is 11.1. The molecule has 1 rings (SSSR count). The first-order valence-electron chi connectivity index (χ1n) is 5.63. The summed E-state index contributed by atoms with van der Waals surface area (Å²) in [6.45, 7) is 1.36. The number of benzene rings is 1. The van der Waals surface area contributed by atoms with Crippen molar-refractivity contribution in [3.63, 3.8) is 0 Å². The molecule has 19 heavy (non-hydrogen) atoms. The van der Waals surface area contributed by atoms with E-state index in [4.69, 9.17) is 9.47 Å². The van der Waals surface area contributed by atoms with E-state index >= 15 is 0 Å². The van der Waals surface area contributed by atoms with Crippen molar-refractivity contribution in [3.05, 3.63) is 23.8 Å². The number of ether oxygens (including phenoxy) is 2. The average Bonchev–Trinajstić information content (AvgIpc) is 2.36. The van der Waals surface area contributed by atoms with Gasteiger partial charge in [-0.05, 0) is 30.7 Å². The Labute approximate surface area is 111 Å². The van der Waals surface area contributed by atoms with Crippen LogP contribution in [-0.4, -0.2) is 30.9 Å². The Morgan fingerprint density at radius 3 is 2.16 bits per heavy atom. The number of ketones is 2. The van der Waals surface area contributed by atoms with Crippen LogP contribution in [0.2, 0.25) is 0 Å². The van der Waals surface area contributed by atoms with Gasteiger partial charge in [-0.25, -0.2) is 0 Å². The van der Waals surface area contributed by atoms with Crippen molar-refractivity contribution in [2.75, 3.05) is 14.2 Å². The summed E-state index contributed by atoms with van der Waals surface area (Å²) in [6.07, 6.45) is 2.73. The van der Waals surface area contributed by atoms with Gasteiger partial charge in [0.25, 0.3) is 0 Å². The van der Waals surface area contributed by atoms with E-state index in [9.17, 15) is 14.7 Å². The van der Waals surface area contributed by atoms with Crippen LogP contribution in [0.15, 0.2) is 18.2 Å². The van der Waals surface area contributed by atoms with Gasteiger partial charge in [0.1, 0.15) is 5.78 Å². The van der Waals surface area contributed by atoms with E-state index in [0.717, 1.165) is 0 Å². The number of aromatic hydroxyl groups is 1. The van der Waals surface area contributed by atoms with E-state index in [1.165, 1.54) is 33.3 Å². The van der Waals surface area contributed by atoms with Gasteiger partial charge < -0.3 is 14.6 Å². The minimum atomic E-state index is -0.279. The first kappa shape index (κ1) is 14.8. The summed E-state index contributed by atoms with van der Waals surface area (Å²) >= 11 is 0. The van der Waals surface area contributed by atoms with Gasteiger partial charge in [0.2, 0.25) is 5.75 Å². The molecule has 0 fully saturated rings. The molecule has 102 valence electrons. The highest BCUT2D eigenvalue weighted by atomic mass is 16.5. The van der Waals surface area contributed by atoms with Crippen LogP contribution in [0.1, 0.15) is 18.9 Å². The van der Waals surface area contributed by atoms with Crippen LogP contribution in [-0.2, 0) is 9.59 Å². The lowest BCUT2D eigenvalue weighted by molar-refractivity contribution is -0.123. The molecule has 5 nitrogen and oxygen atoms in total. The molecule has 0 radical (unpaired) electrons. The lowest BCUT2D eigenvalue weighted by Gasteiger charge is -2.09. The van der Waals surface area contributed by atoms with Gasteiger partial charge in [0, 0.05) is 0 Å². The Bertz CT molecular complexity index is 492. The molecule has 0 heterocycles. The number of methoxy groups -OCH3 is 2. The number of carbonyl (C=O) groups excluding carboxylic acids is 2. The third-order valence-corrected chi connectivity index (χ3v) is 2.39. The van der Waals surface area contributed by atoms with E-state index in [1.54, 1.807) is 12.1 Å². The molecule has 0 aliphatic heterocycles. The number of hydrogen-bond acceptors (Lipinski definition) is 5. The predicted octanol–water partition coefficient (Wildman–Crippen LogP) is 1.97. The highest BCUT2D eigenvalue weighted by Crippen LogP contribution is 2.37. The van der Waals surface area contributed by atoms with Crippen LogP contribution in [0.3, 0.4) is 0 Å². The standard InChI is InChI=1S/C14H16O5/c1-9(15)6-11(16)5-4-10-7-12(18-2)14(17)13(8-10)19-3/h4-5,7-8,17H,6H2,1-3H3/b5-4+. The number of allylic oxidation sites excluding steroid dienone is 1. The third kappa shape index (κ3) is 4.13. The van der Waals surface area contributed by atoms with Crippen molar-refractivity contribution in [1.82, 2.24) is 0 Å². The van der Waals surface area contributed by atoms with Crippen molar-refractivity contribution >= 4 is 17.6 Å². The molecule has 0 aliphatic carbocycles. The fourth-order valence-corrected chi connectivity index (χ4v) is 1.50. The van der Waals surface area contributed by atoms with Gasteiger partial charge in [-0.15, -0.1) is 0 Å². The maximum Gasteiger partial charge on any atom is 0.200 e. The van der Waals surface area contributed by atoms with E-state index in [2.05, 4.69) is 0 Å². The fraction of sp³-hybridized carbons (Fsp3) is 0.286. The van der Waals surface area contributed by atoms with Gasteiger partial charge in [-0.1, -0.05) is 6.08 Å². The molecule has 1 aromatic carbocycles. The highest BCUT2D eigenvalue weighted by Gasteiger charge is 2.10. The molecule has 5 heteroatoms. The van der Waals surface area contributed by atoms with Crippen LogP contribution in [0.5, 0.6) is 17.2 Å². The summed E-state index contributed by atoms with van der Waals surface area (Å²) in [5.74, 6) is -0.0673. The van der Waals surface area contributed by atoms with Crippen LogP contribution in [0.4, 0.5) is 0 Å². The smallest absolute Gasteiger partial charge is 0.200 e. The van der Waals surface area contributed by atoms with Crippen LogP contribution < -0.4 is 9.47 Å². The normalized spacial score (nSPS) is 10.5. The largest absolute Gasteiger partial charge is 0.502 e. The predicted molar refractivity (Wildman–Crippen MR) is 70.5 cm³/mol. The average molecular weight is 264 g/mol. The number of phenols is 1. The molecule has 0 aromatic heterocycles. The van der Waals surface area contributed by atoms with Crippen LogP contribution >= 0.6 is 0 Å². The van der Waals surface area contributed by atoms with E-state index in [1.807, 2.05) is 0 Å². The van der Waals surface area contributed by atoms with Crippen molar-refractivity contribution in [3.8, 4) is 17.2 Å². The Kier molecular flexibility index (Phi) is 5.11. The number of Topliss-reactive ketones (excluding diaryl/α,β-unsaturated/α-hetero) is 1. The van der Waals surface area contributed by atoms with Crippen molar-refractivity contribution in [2.45, 2.75) is 13.3 Å². The molecular formula is C14H16O5. The van der Waals surface area contributed by atoms with E-state index < -0.39 is 0 Å². The SMILES string of the molecule is COc1cc(/C=C/C(=O)CC(C)=O)cc(OC)c1O. The molecule has 0 unspecified atom stereocenters. The quantitative estimate of drug-likeness (QED) is 0.628. The Morgan fingerprint density at radius 2 is 1.74 bits per heavy atom. The monoisotopic (exact) mass is 264 g/mol. The zero-order valence-corrected chi connectivity index (χ0v) is 11.1. The molecular weight excluding hydrogens is 248 g/mol. The number of rotatable bonds is 6. The fourth-order valence-electron chi connectivity index (χ4n) is 1.50. The van der Waals surface area contributed by atoms with Gasteiger partial charge in [0.15, 0.2) is 17.3 Å². The lowest BCUT2D eigenvalue weighted by Crippen LogP contribution is -2.00. The Hall–Kier alpha value is -2.30. The number of carbonyl (C=O) groups is 2. The van der Waals surface area contributed by atoms with Crippen molar-refractivity contribution in [1.29, 1.82) is 0 Å². The molecule has 0 atom stereocenters. The Balaban J connectivity index is 2.98. The minimum absolute atomic E-state index is 0.0998. The molecule has 0 spiro atoms. The second-order valence-electron chi connectivity index (χ2n) is 3.95. The molecule has 0 amide bonds. The van der Waals surface area contributed by atoms with E-state index in [0.29, 0.717) is 5.56 Å². The summed E-state index contributed by atoms with van der Waals surface area (Å²) < 4.78 is 9.99. The van der Waals surface area contributed by atoms with Crippen LogP contribution in [0.25, 0.3) is 6.08 Å². The third-order valence-electron chi connectivity index (χ3n) is 2.39. The first-order chi connectivity index (χ1) is 8.97. The van der Waals surface area contributed by atoms with Gasteiger partial charge in [-0.3, -0.25) is 9.59 Å². The molecule has 0 saturated carbocycles. The van der Waals surface area contributed by atoms with Gasteiger partial charge in [-0.2, -0.15) is 0 Å². The maximum absolute atomic E-state index is 11.4. The van der Waals surface area contributed by atoms with Gasteiger partial charge >= 0.3 is 0 Å². The second kappa shape index (κ2) is 6.58. The minimum Gasteiger partial charge on any atom is -0.502 e. The molecule has 0 saturated heterocycles. The van der Waals surface area contributed by atoms with Crippen molar-refractivity contribution in [2.24, 2.45) is 0 Å². The Morgan fingerprint density at radius 1 is 1.21 bits per heavy atom. The highest BCUT2D eigenvalue weighted by molar-refractivity contribution is 6.05. The second-order valence-corrected chi connectivity index (χ2v) is 3.95. The lowest BCUT2D eigenvalue weighted by atomic mass is 10.1. The molecule has 0 aliphatic rings. The zero-order chi connectivity index (χ0) is 14.4.